The van der Waals surface area contributed by atoms with E-state index in [0.29, 0.717) is 11.7 Å². The molecule has 1 heterocycles. The van der Waals surface area contributed by atoms with Crippen molar-refractivity contribution in [2.45, 2.75) is 33.1 Å². The lowest BCUT2D eigenvalue weighted by molar-refractivity contribution is -0.118. The van der Waals surface area contributed by atoms with Crippen LogP contribution in [0, 0.1) is 0 Å². The number of unbranched alkanes of at least 4 members (excludes halogenated alkanes) is 1. The molecule has 3 rings (SSSR count). The fraction of sp³-hybridized carbons (Fsp3) is 0.333. The molecule has 5 nitrogen and oxygen atoms in total. The predicted octanol–water partition coefficient (Wildman–Crippen LogP) is 5.06. The van der Waals surface area contributed by atoms with Gasteiger partial charge < -0.3 is 9.47 Å². The number of rotatable bonds is 9. The minimum absolute atomic E-state index is 0.0433. The van der Waals surface area contributed by atoms with Gasteiger partial charge in [0, 0.05) is 0 Å². The Morgan fingerprint density at radius 3 is 2.81 bits per heavy atom. The average molecular weight is 385 g/mol. The molecule has 2 aromatic carbocycles. The maximum Gasteiger partial charge on any atom is 0.264 e. The second kappa shape index (κ2) is 9.37. The highest BCUT2D eigenvalue weighted by molar-refractivity contribution is 7.22. The van der Waals surface area contributed by atoms with Crippen molar-refractivity contribution in [2.75, 3.05) is 18.5 Å². The minimum Gasteiger partial charge on any atom is -0.494 e. The standard InChI is InChI=1S/C21H24N2O3S/c1-3-5-12-25-16-10-11-17-19(13-16)27-21(22-17)23-20(24)14-26-18-9-7-6-8-15(18)4-2/h6-11,13H,3-5,12,14H2,1-2H3,(H,22,23,24). The van der Waals surface area contributed by atoms with E-state index in [1.54, 1.807) is 0 Å². The van der Waals surface area contributed by atoms with E-state index in [1.807, 2.05) is 42.5 Å². The van der Waals surface area contributed by atoms with Gasteiger partial charge in [0.05, 0.1) is 16.8 Å². The Balaban J connectivity index is 1.59. The number of hydrogen-bond acceptors (Lipinski definition) is 5. The lowest BCUT2D eigenvalue weighted by atomic mass is 10.1. The Morgan fingerprint density at radius 1 is 1.15 bits per heavy atom. The molecule has 142 valence electrons. The van der Waals surface area contributed by atoms with Crippen LogP contribution in [0.3, 0.4) is 0 Å². The lowest BCUT2D eigenvalue weighted by Crippen LogP contribution is -2.20. The van der Waals surface area contributed by atoms with Gasteiger partial charge in [-0.05, 0) is 42.7 Å². The molecule has 0 bridgehead atoms. The van der Waals surface area contributed by atoms with Crippen molar-refractivity contribution in [3.63, 3.8) is 0 Å². The van der Waals surface area contributed by atoms with E-state index in [9.17, 15) is 4.79 Å². The molecule has 0 radical (unpaired) electrons. The van der Waals surface area contributed by atoms with Gasteiger partial charge in [-0.25, -0.2) is 4.98 Å². The van der Waals surface area contributed by atoms with Gasteiger partial charge in [-0.3, -0.25) is 10.1 Å². The number of carbonyl (C=O) groups excluding carboxylic acids is 1. The fourth-order valence-electron chi connectivity index (χ4n) is 2.62. The van der Waals surface area contributed by atoms with E-state index < -0.39 is 0 Å². The van der Waals surface area contributed by atoms with Gasteiger partial charge >= 0.3 is 0 Å². The van der Waals surface area contributed by atoms with E-state index in [0.717, 1.165) is 46.5 Å². The number of para-hydroxylation sites is 1. The van der Waals surface area contributed by atoms with Crippen molar-refractivity contribution >= 4 is 32.6 Å². The van der Waals surface area contributed by atoms with Gasteiger partial charge in [0.1, 0.15) is 11.5 Å². The summed E-state index contributed by atoms with van der Waals surface area (Å²) in [5.41, 5.74) is 1.93. The third kappa shape index (κ3) is 5.20. The third-order valence-electron chi connectivity index (χ3n) is 4.09. The molecule has 1 aromatic heterocycles. The molecule has 1 N–H and O–H groups in total. The number of carbonyl (C=O) groups is 1. The highest BCUT2D eigenvalue weighted by Crippen LogP contribution is 2.29. The summed E-state index contributed by atoms with van der Waals surface area (Å²) in [4.78, 5) is 16.7. The van der Waals surface area contributed by atoms with Crippen LogP contribution in [0.1, 0.15) is 32.3 Å². The average Bonchev–Trinajstić information content (AvgIpc) is 3.08. The van der Waals surface area contributed by atoms with Crippen molar-refractivity contribution < 1.29 is 14.3 Å². The molecule has 0 atom stereocenters. The van der Waals surface area contributed by atoms with Gasteiger partial charge in [-0.2, -0.15) is 0 Å². The number of fused-ring (bicyclic) bond motifs is 1. The summed E-state index contributed by atoms with van der Waals surface area (Å²) >= 11 is 1.43. The molecule has 0 saturated carbocycles. The first-order chi connectivity index (χ1) is 13.2. The molecule has 6 heteroatoms. The van der Waals surface area contributed by atoms with Crippen molar-refractivity contribution in [3.8, 4) is 11.5 Å². The highest BCUT2D eigenvalue weighted by Gasteiger charge is 2.10. The lowest BCUT2D eigenvalue weighted by Gasteiger charge is -2.09. The largest absolute Gasteiger partial charge is 0.494 e. The number of benzene rings is 2. The first kappa shape index (κ1) is 19.2. The maximum atomic E-state index is 12.2. The molecule has 0 aliphatic heterocycles. The number of hydrogen-bond donors (Lipinski definition) is 1. The third-order valence-corrected chi connectivity index (χ3v) is 5.02. The Morgan fingerprint density at radius 2 is 2.00 bits per heavy atom. The van der Waals surface area contributed by atoms with Gasteiger partial charge in [0.15, 0.2) is 11.7 Å². The van der Waals surface area contributed by atoms with Gasteiger partial charge in [0.25, 0.3) is 5.91 Å². The summed E-state index contributed by atoms with van der Waals surface area (Å²) in [6.07, 6.45) is 2.99. The van der Waals surface area contributed by atoms with Crippen LogP contribution in [-0.2, 0) is 11.2 Å². The molecule has 27 heavy (non-hydrogen) atoms. The van der Waals surface area contributed by atoms with Crippen LogP contribution in [0.25, 0.3) is 10.2 Å². The minimum atomic E-state index is -0.223. The SMILES string of the molecule is CCCCOc1ccc2nc(NC(=O)COc3ccccc3CC)sc2c1. The smallest absolute Gasteiger partial charge is 0.264 e. The Kier molecular flexibility index (Phi) is 6.65. The van der Waals surface area contributed by atoms with E-state index in [1.165, 1.54) is 11.3 Å². The zero-order chi connectivity index (χ0) is 19.1. The molecule has 1 amide bonds. The quantitative estimate of drug-likeness (QED) is 0.524. The van der Waals surface area contributed by atoms with Gasteiger partial charge in [-0.15, -0.1) is 0 Å². The number of nitrogens with one attached hydrogen (secondary N) is 1. The Labute approximate surface area is 163 Å². The van der Waals surface area contributed by atoms with E-state index in [4.69, 9.17) is 9.47 Å². The van der Waals surface area contributed by atoms with Crippen molar-refractivity contribution in [2.24, 2.45) is 0 Å². The summed E-state index contributed by atoms with van der Waals surface area (Å²) in [6, 6.07) is 13.5. The van der Waals surface area contributed by atoms with Crippen LogP contribution in [0.5, 0.6) is 11.5 Å². The van der Waals surface area contributed by atoms with Crippen molar-refractivity contribution in [1.29, 1.82) is 0 Å². The van der Waals surface area contributed by atoms with Crippen LogP contribution in [0.15, 0.2) is 42.5 Å². The van der Waals surface area contributed by atoms with Gasteiger partial charge in [0.2, 0.25) is 0 Å². The number of thiazole rings is 1. The molecule has 0 aliphatic carbocycles. The summed E-state index contributed by atoms with van der Waals surface area (Å²) in [7, 11) is 0. The summed E-state index contributed by atoms with van der Waals surface area (Å²) in [5.74, 6) is 1.35. The first-order valence-electron chi connectivity index (χ1n) is 9.23. The second-order valence-corrected chi connectivity index (χ2v) is 7.18. The zero-order valence-corrected chi connectivity index (χ0v) is 16.5. The molecule has 0 saturated heterocycles. The maximum absolute atomic E-state index is 12.2. The zero-order valence-electron chi connectivity index (χ0n) is 15.7. The number of anilines is 1. The highest BCUT2D eigenvalue weighted by atomic mass is 32.1. The van der Waals surface area contributed by atoms with Crippen LogP contribution in [-0.4, -0.2) is 24.1 Å². The van der Waals surface area contributed by atoms with Gasteiger partial charge in [-0.1, -0.05) is 49.8 Å². The van der Waals surface area contributed by atoms with E-state index >= 15 is 0 Å². The van der Waals surface area contributed by atoms with E-state index in [-0.39, 0.29) is 12.5 Å². The first-order valence-corrected chi connectivity index (χ1v) is 10.0. The van der Waals surface area contributed by atoms with Crippen LogP contribution >= 0.6 is 11.3 Å². The Bertz CT molecular complexity index is 907. The number of ether oxygens (including phenoxy) is 2. The fourth-order valence-corrected chi connectivity index (χ4v) is 3.53. The number of aromatic nitrogens is 1. The van der Waals surface area contributed by atoms with E-state index in [2.05, 4.69) is 24.1 Å². The van der Waals surface area contributed by atoms with Crippen molar-refractivity contribution in [1.82, 2.24) is 4.98 Å². The second-order valence-electron chi connectivity index (χ2n) is 6.15. The van der Waals surface area contributed by atoms with Crippen LogP contribution in [0.4, 0.5) is 5.13 Å². The number of amides is 1. The molecular weight excluding hydrogens is 360 g/mol. The molecular formula is C21H24N2O3S. The van der Waals surface area contributed by atoms with Crippen LogP contribution in [0.2, 0.25) is 0 Å². The van der Waals surface area contributed by atoms with Crippen LogP contribution < -0.4 is 14.8 Å². The normalized spacial score (nSPS) is 10.7. The summed E-state index contributed by atoms with van der Waals surface area (Å²) in [5, 5.41) is 3.38. The number of nitrogens with zero attached hydrogens (tertiary/aromatic N) is 1. The summed E-state index contributed by atoms with van der Waals surface area (Å²) in [6.45, 7) is 4.86. The molecule has 0 fully saturated rings. The monoisotopic (exact) mass is 384 g/mol. The number of aryl methyl sites for hydroxylation is 1. The Hall–Kier alpha value is -2.60. The summed E-state index contributed by atoms with van der Waals surface area (Å²) < 4.78 is 12.4. The molecule has 0 unspecified atom stereocenters. The topological polar surface area (TPSA) is 60.5 Å². The molecule has 0 aliphatic rings. The molecule has 3 aromatic rings. The predicted molar refractivity (Wildman–Crippen MR) is 110 cm³/mol. The molecule has 0 spiro atoms. The van der Waals surface area contributed by atoms with Crippen molar-refractivity contribution in [3.05, 3.63) is 48.0 Å².